The summed E-state index contributed by atoms with van der Waals surface area (Å²) in [7, 11) is 0. The van der Waals surface area contributed by atoms with Gasteiger partial charge >= 0.3 is 0 Å². The van der Waals surface area contributed by atoms with Crippen LogP contribution in [0.3, 0.4) is 0 Å². The van der Waals surface area contributed by atoms with Crippen molar-refractivity contribution < 1.29 is 4.42 Å². The van der Waals surface area contributed by atoms with Crippen LogP contribution in [0.4, 0.5) is 5.69 Å². The molecule has 0 aliphatic heterocycles. The largest absolute Gasteiger partial charge is 0.449 e. The molecule has 5 heteroatoms. The normalized spacial score (nSPS) is 10.0. The fraction of sp³-hybridized carbons (Fsp3) is 0. The van der Waals surface area contributed by atoms with Crippen LogP contribution in [0, 0.1) is 11.3 Å². The fourth-order valence-corrected chi connectivity index (χ4v) is 2.21. The second kappa shape index (κ2) is 3.48. The van der Waals surface area contributed by atoms with Crippen LogP contribution < -0.4 is 5.73 Å². The summed E-state index contributed by atoms with van der Waals surface area (Å²) in [6.45, 7) is 0. The van der Waals surface area contributed by atoms with Gasteiger partial charge in [0, 0.05) is 0 Å². The van der Waals surface area contributed by atoms with Gasteiger partial charge in [0.2, 0.25) is 0 Å². The number of anilines is 1. The molecular formula is C9H5BrN2OS. The van der Waals surface area contributed by atoms with Gasteiger partial charge in [-0.25, -0.2) is 0 Å². The van der Waals surface area contributed by atoms with Crippen LogP contribution in [0.1, 0.15) is 4.88 Å². The number of nitrogens with two attached hydrogens (primary N) is 1. The molecule has 0 amide bonds. The van der Waals surface area contributed by atoms with Gasteiger partial charge in [-0.3, -0.25) is 0 Å². The molecule has 2 aromatic heterocycles. The first kappa shape index (κ1) is 9.31. The SMILES string of the molecule is N#Cc1sc(-c2ccc(Br)o2)cc1N. The number of nitrogens with zero attached hydrogens (tertiary/aromatic N) is 1. The highest BCUT2D eigenvalue weighted by Crippen LogP contribution is 2.34. The lowest BCUT2D eigenvalue weighted by Crippen LogP contribution is -1.81. The maximum Gasteiger partial charge on any atom is 0.169 e. The molecule has 0 aliphatic rings. The first-order valence-electron chi connectivity index (χ1n) is 3.76. The molecule has 2 aromatic rings. The van der Waals surface area contributed by atoms with Crippen LogP contribution in [0.2, 0.25) is 0 Å². The molecule has 0 radical (unpaired) electrons. The zero-order valence-corrected chi connectivity index (χ0v) is 9.35. The number of hydrogen-bond donors (Lipinski definition) is 1. The molecule has 14 heavy (non-hydrogen) atoms. The van der Waals surface area contributed by atoms with E-state index in [1.54, 1.807) is 12.1 Å². The van der Waals surface area contributed by atoms with Crippen LogP contribution in [-0.4, -0.2) is 0 Å². The molecule has 70 valence electrons. The van der Waals surface area contributed by atoms with Gasteiger partial charge < -0.3 is 10.2 Å². The quantitative estimate of drug-likeness (QED) is 0.864. The van der Waals surface area contributed by atoms with Crippen molar-refractivity contribution in [3.05, 3.63) is 27.7 Å². The summed E-state index contributed by atoms with van der Waals surface area (Å²) in [4.78, 5) is 1.39. The standard InChI is InChI=1S/C9H5BrN2OS/c10-9-2-1-6(13-9)7-3-5(12)8(4-11)14-7/h1-3H,12H2. The number of hydrogen-bond acceptors (Lipinski definition) is 4. The summed E-state index contributed by atoms with van der Waals surface area (Å²) >= 11 is 4.54. The van der Waals surface area contributed by atoms with E-state index in [0.29, 0.717) is 15.2 Å². The maximum absolute atomic E-state index is 8.72. The van der Waals surface area contributed by atoms with Crippen molar-refractivity contribution in [1.29, 1.82) is 5.26 Å². The highest BCUT2D eigenvalue weighted by atomic mass is 79.9. The lowest BCUT2D eigenvalue weighted by molar-refractivity contribution is 0.557. The van der Waals surface area contributed by atoms with Crippen LogP contribution >= 0.6 is 27.3 Å². The van der Waals surface area contributed by atoms with E-state index in [1.165, 1.54) is 11.3 Å². The van der Waals surface area contributed by atoms with E-state index in [2.05, 4.69) is 15.9 Å². The Morgan fingerprint density at radius 3 is 2.79 bits per heavy atom. The average Bonchev–Trinajstić information content (AvgIpc) is 2.71. The van der Waals surface area contributed by atoms with Crippen molar-refractivity contribution in [2.45, 2.75) is 0 Å². The van der Waals surface area contributed by atoms with Crippen molar-refractivity contribution >= 4 is 33.0 Å². The Kier molecular flexibility index (Phi) is 2.32. The molecule has 0 saturated heterocycles. The minimum Gasteiger partial charge on any atom is -0.449 e. The first-order chi connectivity index (χ1) is 6.70. The Hall–Kier alpha value is -1.25. The third-order valence-electron chi connectivity index (χ3n) is 1.68. The van der Waals surface area contributed by atoms with Crippen molar-refractivity contribution in [1.82, 2.24) is 0 Å². The Bertz CT molecular complexity index is 509. The summed E-state index contributed by atoms with van der Waals surface area (Å²) in [5.74, 6) is 0.718. The zero-order chi connectivity index (χ0) is 10.1. The van der Waals surface area contributed by atoms with Crippen LogP contribution in [0.15, 0.2) is 27.3 Å². The fourth-order valence-electron chi connectivity index (χ4n) is 1.06. The van der Waals surface area contributed by atoms with Crippen molar-refractivity contribution in [3.8, 4) is 16.7 Å². The second-order valence-electron chi connectivity index (χ2n) is 2.61. The van der Waals surface area contributed by atoms with Gasteiger partial charge in [0.1, 0.15) is 16.7 Å². The predicted octanol–water partition coefficient (Wildman–Crippen LogP) is 3.22. The second-order valence-corrected chi connectivity index (χ2v) is 4.44. The minimum atomic E-state index is 0.500. The highest BCUT2D eigenvalue weighted by molar-refractivity contribution is 9.10. The van der Waals surface area contributed by atoms with Crippen molar-refractivity contribution in [2.24, 2.45) is 0 Å². The maximum atomic E-state index is 8.72. The minimum absolute atomic E-state index is 0.500. The Morgan fingerprint density at radius 1 is 1.50 bits per heavy atom. The molecule has 2 heterocycles. The monoisotopic (exact) mass is 268 g/mol. The van der Waals surface area contributed by atoms with Gasteiger partial charge in [-0.05, 0) is 34.1 Å². The molecule has 0 aromatic carbocycles. The van der Waals surface area contributed by atoms with Gasteiger partial charge in [0.25, 0.3) is 0 Å². The summed E-state index contributed by atoms with van der Waals surface area (Å²) < 4.78 is 6.01. The third kappa shape index (κ3) is 1.54. The Labute approximate surface area is 92.9 Å². The predicted molar refractivity (Wildman–Crippen MR) is 58.8 cm³/mol. The molecule has 2 N–H and O–H groups in total. The number of nitrogen functional groups attached to an aromatic ring is 1. The molecular weight excluding hydrogens is 264 g/mol. The van der Waals surface area contributed by atoms with E-state index in [0.717, 1.165) is 10.6 Å². The topological polar surface area (TPSA) is 63.0 Å². The summed E-state index contributed by atoms with van der Waals surface area (Å²) in [6, 6.07) is 7.41. The lowest BCUT2D eigenvalue weighted by atomic mass is 10.3. The summed E-state index contributed by atoms with van der Waals surface area (Å²) in [5.41, 5.74) is 6.13. The number of furan rings is 1. The molecule has 0 unspecified atom stereocenters. The Morgan fingerprint density at radius 2 is 2.29 bits per heavy atom. The molecule has 2 rings (SSSR count). The van der Waals surface area contributed by atoms with E-state index >= 15 is 0 Å². The summed E-state index contributed by atoms with van der Waals surface area (Å²) in [6.07, 6.45) is 0. The van der Waals surface area contributed by atoms with Gasteiger partial charge in [-0.2, -0.15) is 5.26 Å². The first-order valence-corrected chi connectivity index (χ1v) is 5.37. The van der Waals surface area contributed by atoms with E-state index in [9.17, 15) is 0 Å². The molecule has 0 spiro atoms. The van der Waals surface area contributed by atoms with Gasteiger partial charge in [0.05, 0.1) is 10.6 Å². The molecule has 0 saturated carbocycles. The lowest BCUT2D eigenvalue weighted by Gasteiger charge is -1.86. The van der Waals surface area contributed by atoms with Gasteiger partial charge in [-0.15, -0.1) is 11.3 Å². The molecule has 0 atom stereocenters. The highest BCUT2D eigenvalue weighted by Gasteiger charge is 2.10. The van der Waals surface area contributed by atoms with Crippen molar-refractivity contribution in [3.63, 3.8) is 0 Å². The van der Waals surface area contributed by atoms with E-state index in [4.69, 9.17) is 15.4 Å². The molecule has 0 bridgehead atoms. The number of halogens is 1. The van der Waals surface area contributed by atoms with Crippen LogP contribution in [0.5, 0.6) is 0 Å². The van der Waals surface area contributed by atoms with E-state index < -0.39 is 0 Å². The number of rotatable bonds is 1. The van der Waals surface area contributed by atoms with Crippen LogP contribution in [-0.2, 0) is 0 Å². The molecule has 0 fully saturated rings. The summed E-state index contributed by atoms with van der Waals surface area (Å²) in [5, 5.41) is 8.72. The molecule has 3 nitrogen and oxygen atoms in total. The molecule has 0 aliphatic carbocycles. The van der Waals surface area contributed by atoms with Gasteiger partial charge in [0.15, 0.2) is 4.67 Å². The van der Waals surface area contributed by atoms with Crippen molar-refractivity contribution in [2.75, 3.05) is 5.73 Å². The van der Waals surface area contributed by atoms with Crippen LogP contribution in [0.25, 0.3) is 10.6 Å². The van der Waals surface area contributed by atoms with E-state index in [1.807, 2.05) is 12.1 Å². The average molecular weight is 269 g/mol. The van der Waals surface area contributed by atoms with E-state index in [-0.39, 0.29) is 0 Å². The Balaban J connectivity index is 2.48. The third-order valence-corrected chi connectivity index (χ3v) is 3.17. The van der Waals surface area contributed by atoms with Gasteiger partial charge in [-0.1, -0.05) is 0 Å². The smallest absolute Gasteiger partial charge is 0.169 e. The number of thiophene rings is 1. The zero-order valence-electron chi connectivity index (χ0n) is 6.95. The number of nitriles is 1.